The van der Waals surface area contributed by atoms with Crippen LogP contribution < -0.4 is 5.43 Å². The Morgan fingerprint density at radius 1 is 1.25 bits per heavy atom. The van der Waals surface area contributed by atoms with E-state index in [4.69, 9.17) is 5.11 Å². The molecule has 0 aliphatic heterocycles. The first-order chi connectivity index (χ1) is 9.63. The lowest BCUT2D eigenvalue weighted by Gasteiger charge is -2.00. The first-order valence-corrected chi connectivity index (χ1v) is 5.99. The molecule has 0 heterocycles. The maximum absolute atomic E-state index is 12.9. The maximum atomic E-state index is 12.9. The van der Waals surface area contributed by atoms with E-state index < -0.39 is 0 Å². The Kier molecular flexibility index (Phi) is 4.44. The van der Waals surface area contributed by atoms with Crippen molar-refractivity contribution in [2.75, 3.05) is 0 Å². The third-order valence-corrected chi connectivity index (χ3v) is 2.55. The highest BCUT2D eigenvalue weighted by atomic mass is 19.1. The highest BCUT2D eigenvalue weighted by Gasteiger charge is 2.01. The smallest absolute Gasteiger partial charge is 0.244 e. The number of hydrazone groups is 1. The van der Waals surface area contributed by atoms with Crippen LogP contribution in [0.1, 0.15) is 11.1 Å². The topological polar surface area (TPSA) is 61.7 Å². The highest BCUT2D eigenvalue weighted by molar-refractivity contribution is 5.83. The molecule has 0 unspecified atom stereocenters. The molecule has 102 valence electrons. The molecular formula is C15H13FN2O2. The van der Waals surface area contributed by atoms with Crippen LogP contribution >= 0.6 is 0 Å². The van der Waals surface area contributed by atoms with Crippen LogP contribution in [-0.2, 0) is 11.2 Å². The van der Waals surface area contributed by atoms with Crippen molar-refractivity contribution in [2.45, 2.75) is 6.42 Å². The lowest BCUT2D eigenvalue weighted by Crippen LogP contribution is -2.19. The van der Waals surface area contributed by atoms with Gasteiger partial charge in [-0.05, 0) is 35.4 Å². The summed E-state index contributed by atoms with van der Waals surface area (Å²) < 4.78 is 12.9. The minimum atomic E-state index is -0.357. The quantitative estimate of drug-likeness (QED) is 0.662. The molecule has 2 aromatic carbocycles. The van der Waals surface area contributed by atoms with E-state index in [0.29, 0.717) is 5.56 Å². The summed E-state index contributed by atoms with van der Waals surface area (Å²) in [5.41, 5.74) is 3.69. The lowest BCUT2D eigenvalue weighted by molar-refractivity contribution is -0.120. The van der Waals surface area contributed by atoms with E-state index in [1.165, 1.54) is 30.5 Å². The molecule has 0 saturated heterocycles. The molecule has 1 amide bonds. The number of benzene rings is 2. The fourth-order valence-electron chi connectivity index (χ4n) is 1.60. The first-order valence-electron chi connectivity index (χ1n) is 5.99. The molecule has 5 heteroatoms. The Morgan fingerprint density at radius 2 is 2.00 bits per heavy atom. The monoisotopic (exact) mass is 272 g/mol. The average Bonchev–Trinajstić information content (AvgIpc) is 2.41. The summed E-state index contributed by atoms with van der Waals surface area (Å²) in [6.45, 7) is 0. The van der Waals surface area contributed by atoms with E-state index in [-0.39, 0.29) is 23.9 Å². The summed E-state index contributed by atoms with van der Waals surface area (Å²) in [5.74, 6) is -0.494. The SMILES string of the molecule is O=C(Cc1ccc(O)cc1)N/N=C\c1cccc(F)c1. The Labute approximate surface area is 115 Å². The molecule has 0 bridgehead atoms. The van der Waals surface area contributed by atoms with Gasteiger partial charge in [-0.15, -0.1) is 0 Å². The number of rotatable bonds is 4. The second-order valence-electron chi connectivity index (χ2n) is 4.19. The molecule has 2 N–H and O–H groups in total. The van der Waals surface area contributed by atoms with Crippen LogP contribution in [0.4, 0.5) is 4.39 Å². The molecule has 0 fully saturated rings. The number of phenols is 1. The summed E-state index contributed by atoms with van der Waals surface area (Å²) in [6, 6.07) is 12.2. The number of halogens is 1. The Morgan fingerprint density at radius 3 is 2.70 bits per heavy atom. The third-order valence-electron chi connectivity index (χ3n) is 2.55. The van der Waals surface area contributed by atoms with Gasteiger partial charge in [0, 0.05) is 0 Å². The van der Waals surface area contributed by atoms with E-state index in [1.54, 1.807) is 24.3 Å². The van der Waals surface area contributed by atoms with Crippen LogP contribution in [0.5, 0.6) is 5.75 Å². The number of amides is 1. The number of nitrogens with one attached hydrogen (secondary N) is 1. The number of aromatic hydroxyl groups is 1. The van der Waals surface area contributed by atoms with E-state index >= 15 is 0 Å². The Hall–Kier alpha value is -2.69. The molecule has 4 nitrogen and oxygen atoms in total. The van der Waals surface area contributed by atoms with Gasteiger partial charge >= 0.3 is 0 Å². The number of hydrogen-bond donors (Lipinski definition) is 2. The summed E-state index contributed by atoms with van der Waals surface area (Å²) in [5, 5.41) is 12.9. The van der Waals surface area contributed by atoms with Gasteiger partial charge in [0.2, 0.25) is 5.91 Å². The van der Waals surface area contributed by atoms with Crippen LogP contribution in [0, 0.1) is 5.82 Å². The minimum Gasteiger partial charge on any atom is -0.508 e. The van der Waals surface area contributed by atoms with Gasteiger partial charge in [-0.3, -0.25) is 4.79 Å². The molecule has 2 aromatic rings. The van der Waals surface area contributed by atoms with Crippen LogP contribution in [0.2, 0.25) is 0 Å². The largest absolute Gasteiger partial charge is 0.508 e. The molecule has 0 aliphatic rings. The molecule has 0 aliphatic carbocycles. The zero-order valence-corrected chi connectivity index (χ0v) is 10.6. The summed E-state index contributed by atoms with van der Waals surface area (Å²) in [4.78, 5) is 11.6. The summed E-state index contributed by atoms with van der Waals surface area (Å²) >= 11 is 0. The van der Waals surface area contributed by atoms with Gasteiger partial charge in [-0.25, -0.2) is 9.82 Å². The standard InChI is InChI=1S/C15H13FN2O2/c16-13-3-1-2-12(8-13)10-17-18-15(20)9-11-4-6-14(19)7-5-11/h1-8,10,19H,9H2,(H,18,20)/b17-10-. The number of hydrogen-bond acceptors (Lipinski definition) is 3. The molecule has 0 atom stereocenters. The average molecular weight is 272 g/mol. The van der Waals surface area contributed by atoms with Crippen LogP contribution in [0.25, 0.3) is 0 Å². The first kappa shape index (κ1) is 13.7. The van der Waals surface area contributed by atoms with Crippen molar-refractivity contribution in [1.82, 2.24) is 5.43 Å². The van der Waals surface area contributed by atoms with Crippen molar-refractivity contribution in [2.24, 2.45) is 5.10 Å². The summed E-state index contributed by atoms with van der Waals surface area (Å²) in [6.07, 6.45) is 1.53. The molecule has 2 rings (SSSR count). The third kappa shape index (κ3) is 4.20. The van der Waals surface area contributed by atoms with Gasteiger partial charge < -0.3 is 5.11 Å². The number of phenolic OH excluding ortho intramolecular Hbond substituents is 1. The van der Waals surface area contributed by atoms with Crippen molar-refractivity contribution in [3.8, 4) is 5.75 Å². The maximum Gasteiger partial charge on any atom is 0.244 e. The molecule has 0 spiro atoms. The van der Waals surface area contributed by atoms with Gasteiger partial charge in [0.05, 0.1) is 12.6 Å². The van der Waals surface area contributed by atoms with Crippen LogP contribution in [-0.4, -0.2) is 17.2 Å². The lowest BCUT2D eigenvalue weighted by atomic mass is 10.1. The number of carbonyl (C=O) groups is 1. The normalized spacial score (nSPS) is 10.7. The number of carbonyl (C=O) groups excluding carboxylic acids is 1. The van der Waals surface area contributed by atoms with Gasteiger partial charge in [-0.1, -0.05) is 24.3 Å². The predicted molar refractivity (Wildman–Crippen MR) is 73.9 cm³/mol. The van der Waals surface area contributed by atoms with E-state index in [0.717, 1.165) is 5.56 Å². The van der Waals surface area contributed by atoms with Crippen LogP contribution in [0.15, 0.2) is 53.6 Å². The second-order valence-corrected chi connectivity index (χ2v) is 4.19. The van der Waals surface area contributed by atoms with E-state index in [1.807, 2.05) is 0 Å². The molecule has 20 heavy (non-hydrogen) atoms. The van der Waals surface area contributed by atoms with Crippen molar-refractivity contribution in [1.29, 1.82) is 0 Å². The van der Waals surface area contributed by atoms with Gasteiger partial charge in [0.15, 0.2) is 0 Å². The minimum absolute atomic E-state index is 0.151. The fraction of sp³-hybridized carbons (Fsp3) is 0.0667. The van der Waals surface area contributed by atoms with Gasteiger partial charge in [-0.2, -0.15) is 5.10 Å². The zero-order chi connectivity index (χ0) is 14.4. The van der Waals surface area contributed by atoms with Gasteiger partial charge in [0.25, 0.3) is 0 Å². The number of nitrogens with zero attached hydrogens (tertiary/aromatic N) is 1. The van der Waals surface area contributed by atoms with E-state index in [9.17, 15) is 9.18 Å². The predicted octanol–water partition coefficient (Wildman–Crippen LogP) is 2.22. The van der Waals surface area contributed by atoms with Crippen molar-refractivity contribution in [3.05, 3.63) is 65.5 Å². The fourth-order valence-corrected chi connectivity index (χ4v) is 1.60. The zero-order valence-electron chi connectivity index (χ0n) is 10.6. The van der Waals surface area contributed by atoms with E-state index in [2.05, 4.69) is 10.5 Å². The summed E-state index contributed by atoms with van der Waals surface area (Å²) in [7, 11) is 0. The molecule has 0 radical (unpaired) electrons. The van der Waals surface area contributed by atoms with Gasteiger partial charge in [0.1, 0.15) is 11.6 Å². The highest BCUT2D eigenvalue weighted by Crippen LogP contribution is 2.09. The van der Waals surface area contributed by atoms with Crippen molar-refractivity contribution in [3.63, 3.8) is 0 Å². The van der Waals surface area contributed by atoms with Crippen LogP contribution in [0.3, 0.4) is 0 Å². The Bertz CT molecular complexity index is 624. The molecular weight excluding hydrogens is 259 g/mol. The second kappa shape index (κ2) is 6.47. The molecule has 0 saturated carbocycles. The Balaban J connectivity index is 1.87. The van der Waals surface area contributed by atoms with Crippen molar-refractivity contribution >= 4 is 12.1 Å². The van der Waals surface area contributed by atoms with Crippen molar-refractivity contribution < 1.29 is 14.3 Å². The molecule has 0 aromatic heterocycles.